The summed E-state index contributed by atoms with van der Waals surface area (Å²) in [5.41, 5.74) is 2.04. The molecular formula is C19H37NO. The minimum Gasteiger partial charge on any atom is -0.382 e. The first-order valence-corrected chi connectivity index (χ1v) is 8.12. The van der Waals surface area contributed by atoms with Crippen LogP contribution < -0.4 is 5.32 Å². The summed E-state index contributed by atoms with van der Waals surface area (Å²) in [6.45, 7) is 26.3. The molecule has 0 spiro atoms. The van der Waals surface area contributed by atoms with Gasteiger partial charge in [-0.25, -0.2) is 0 Å². The highest BCUT2D eigenvalue weighted by Gasteiger charge is 2.26. The van der Waals surface area contributed by atoms with Crippen molar-refractivity contribution in [1.29, 1.82) is 0 Å². The van der Waals surface area contributed by atoms with E-state index in [1.54, 1.807) is 0 Å². The van der Waals surface area contributed by atoms with Gasteiger partial charge in [-0.3, -0.25) is 0 Å². The third-order valence-electron chi connectivity index (χ3n) is 3.46. The van der Waals surface area contributed by atoms with Crippen molar-refractivity contribution in [2.24, 2.45) is 11.8 Å². The van der Waals surface area contributed by atoms with Gasteiger partial charge in [-0.15, -0.1) is 0 Å². The molecule has 0 aromatic heterocycles. The second kappa shape index (κ2) is 8.03. The lowest BCUT2D eigenvalue weighted by molar-refractivity contribution is -0.0414. The molecule has 2 nitrogen and oxygen atoms in total. The molecule has 0 aliphatic rings. The van der Waals surface area contributed by atoms with E-state index in [1.165, 1.54) is 5.57 Å². The first-order chi connectivity index (χ1) is 9.34. The maximum atomic E-state index is 6.16. The van der Waals surface area contributed by atoms with Crippen molar-refractivity contribution in [1.82, 2.24) is 5.32 Å². The average Bonchev–Trinajstić information content (AvgIpc) is 2.24. The van der Waals surface area contributed by atoms with Gasteiger partial charge in [-0.05, 0) is 52.4 Å². The smallest absolute Gasteiger partial charge is 0.0698 e. The van der Waals surface area contributed by atoms with E-state index in [9.17, 15) is 0 Å². The average molecular weight is 296 g/mol. The molecule has 0 saturated heterocycles. The highest BCUT2D eigenvalue weighted by atomic mass is 16.5. The molecule has 0 aliphatic carbocycles. The molecule has 0 heterocycles. The number of nitrogens with one attached hydrogen (secondary N) is 1. The molecule has 2 heteroatoms. The van der Waals surface area contributed by atoms with E-state index in [0.717, 1.165) is 18.5 Å². The van der Waals surface area contributed by atoms with Crippen molar-refractivity contribution in [3.8, 4) is 0 Å². The zero-order valence-electron chi connectivity index (χ0n) is 15.6. The first kappa shape index (κ1) is 20.2. The van der Waals surface area contributed by atoms with Crippen molar-refractivity contribution in [3.05, 3.63) is 24.4 Å². The molecule has 0 radical (unpaired) electrons. The standard InChI is InChI=1S/C19H37NO/c1-14(2)11-17(6)20-18(7,8)13-21-19(9,10)12-16(5)15(3)4/h14-15,20H,5-6,11-13H2,1-4,7-10H3. The van der Waals surface area contributed by atoms with Gasteiger partial charge in [0.25, 0.3) is 0 Å². The summed E-state index contributed by atoms with van der Waals surface area (Å²) in [7, 11) is 0. The fraction of sp³-hybridized carbons (Fsp3) is 0.789. The topological polar surface area (TPSA) is 21.3 Å². The molecule has 0 amide bonds. The molecular weight excluding hydrogens is 258 g/mol. The highest BCUT2D eigenvalue weighted by molar-refractivity contribution is 5.03. The number of allylic oxidation sites excluding steroid dienone is 1. The SMILES string of the molecule is C=C(CC(C)C)NC(C)(C)COC(C)(C)CC(=C)C(C)C. The highest BCUT2D eigenvalue weighted by Crippen LogP contribution is 2.25. The Hall–Kier alpha value is -0.760. The van der Waals surface area contributed by atoms with Gasteiger partial charge in [0.15, 0.2) is 0 Å². The van der Waals surface area contributed by atoms with Crippen LogP contribution >= 0.6 is 0 Å². The lowest BCUT2D eigenvalue weighted by atomic mass is 9.92. The Morgan fingerprint density at radius 2 is 1.57 bits per heavy atom. The summed E-state index contributed by atoms with van der Waals surface area (Å²) in [6.07, 6.45) is 1.89. The van der Waals surface area contributed by atoms with E-state index in [0.29, 0.717) is 18.4 Å². The number of hydrogen-bond acceptors (Lipinski definition) is 2. The molecule has 0 bridgehead atoms. The van der Waals surface area contributed by atoms with Gasteiger partial charge in [0.2, 0.25) is 0 Å². The molecule has 0 aromatic carbocycles. The molecule has 0 aromatic rings. The zero-order valence-corrected chi connectivity index (χ0v) is 15.6. The predicted molar refractivity (Wildman–Crippen MR) is 94.4 cm³/mol. The Morgan fingerprint density at radius 3 is 2.00 bits per heavy atom. The van der Waals surface area contributed by atoms with Crippen LogP contribution in [0.2, 0.25) is 0 Å². The largest absolute Gasteiger partial charge is 0.382 e. The molecule has 0 atom stereocenters. The fourth-order valence-corrected chi connectivity index (χ4v) is 2.24. The number of hydrogen-bond donors (Lipinski definition) is 1. The van der Waals surface area contributed by atoms with Crippen LogP contribution in [-0.2, 0) is 4.74 Å². The van der Waals surface area contributed by atoms with Crippen LogP contribution in [0.4, 0.5) is 0 Å². The Labute approximate surface area is 133 Å². The van der Waals surface area contributed by atoms with Crippen LogP contribution in [0, 0.1) is 11.8 Å². The van der Waals surface area contributed by atoms with E-state index >= 15 is 0 Å². The minimum atomic E-state index is -0.181. The quantitative estimate of drug-likeness (QED) is 0.551. The molecule has 1 N–H and O–H groups in total. The summed E-state index contributed by atoms with van der Waals surface area (Å²) in [4.78, 5) is 0. The Balaban J connectivity index is 4.40. The van der Waals surface area contributed by atoms with Gasteiger partial charge >= 0.3 is 0 Å². The maximum absolute atomic E-state index is 6.16. The van der Waals surface area contributed by atoms with E-state index in [-0.39, 0.29) is 11.1 Å². The van der Waals surface area contributed by atoms with Crippen molar-refractivity contribution in [2.45, 2.75) is 79.4 Å². The fourth-order valence-electron chi connectivity index (χ4n) is 2.24. The number of ether oxygens (including phenoxy) is 1. The van der Waals surface area contributed by atoms with Crippen LogP contribution in [-0.4, -0.2) is 17.7 Å². The monoisotopic (exact) mass is 295 g/mol. The Kier molecular flexibility index (Phi) is 7.74. The van der Waals surface area contributed by atoms with Gasteiger partial charge in [-0.2, -0.15) is 0 Å². The molecule has 0 unspecified atom stereocenters. The summed E-state index contributed by atoms with van der Waals surface area (Å²) in [5.74, 6) is 1.12. The normalized spacial score (nSPS) is 12.9. The maximum Gasteiger partial charge on any atom is 0.0698 e. The van der Waals surface area contributed by atoms with Gasteiger partial charge in [-0.1, -0.05) is 46.4 Å². The van der Waals surface area contributed by atoms with E-state index < -0.39 is 0 Å². The van der Waals surface area contributed by atoms with E-state index in [1.807, 2.05) is 0 Å². The third kappa shape index (κ3) is 9.73. The van der Waals surface area contributed by atoms with Crippen molar-refractivity contribution in [2.75, 3.05) is 6.61 Å². The van der Waals surface area contributed by atoms with Gasteiger partial charge in [0.05, 0.1) is 17.7 Å². The lowest BCUT2D eigenvalue weighted by Crippen LogP contribution is -2.45. The third-order valence-corrected chi connectivity index (χ3v) is 3.46. The summed E-state index contributed by atoms with van der Waals surface area (Å²) in [5, 5.41) is 3.49. The van der Waals surface area contributed by atoms with E-state index in [2.05, 4.69) is 73.9 Å². The van der Waals surface area contributed by atoms with Crippen LogP contribution in [0.5, 0.6) is 0 Å². The van der Waals surface area contributed by atoms with Crippen molar-refractivity contribution < 1.29 is 4.74 Å². The lowest BCUT2D eigenvalue weighted by Gasteiger charge is -2.35. The van der Waals surface area contributed by atoms with Crippen LogP contribution in [0.25, 0.3) is 0 Å². The molecule has 0 saturated carbocycles. The van der Waals surface area contributed by atoms with Crippen molar-refractivity contribution >= 4 is 0 Å². The van der Waals surface area contributed by atoms with Gasteiger partial charge in [0, 0.05) is 5.70 Å². The second-order valence-electron chi connectivity index (χ2n) is 8.25. The molecule has 124 valence electrons. The van der Waals surface area contributed by atoms with Crippen molar-refractivity contribution in [3.63, 3.8) is 0 Å². The van der Waals surface area contributed by atoms with Gasteiger partial charge < -0.3 is 10.1 Å². The molecule has 21 heavy (non-hydrogen) atoms. The first-order valence-electron chi connectivity index (χ1n) is 8.12. The van der Waals surface area contributed by atoms with Crippen LogP contribution in [0.1, 0.15) is 68.2 Å². The second-order valence-corrected chi connectivity index (χ2v) is 8.25. The Bertz CT molecular complexity index is 351. The molecule has 0 aliphatic heterocycles. The minimum absolute atomic E-state index is 0.109. The summed E-state index contributed by atoms with van der Waals surface area (Å²) in [6, 6.07) is 0. The Morgan fingerprint density at radius 1 is 1.05 bits per heavy atom. The van der Waals surface area contributed by atoms with Crippen LogP contribution in [0.3, 0.4) is 0 Å². The zero-order chi connectivity index (χ0) is 16.8. The number of rotatable bonds is 10. The van der Waals surface area contributed by atoms with Gasteiger partial charge in [0.1, 0.15) is 0 Å². The summed E-state index contributed by atoms with van der Waals surface area (Å²) < 4.78 is 6.16. The predicted octanol–water partition coefficient (Wildman–Crippen LogP) is 5.31. The summed E-state index contributed by atoms with van der Waals surface area (Å²) >= 11 is 0. The molecule has 0 fully saturated rings. The van der Waals surface area contributed by atoms with E-state index in [4.69, 9.17) is 4.74 Å². The van der Waals surface area contributed by atoms with Crippen LogP contribution in [0.15, 0.2) is 24.4 Å². The molecule has 0 rings (SSSR count).